The number of thiocarbonyl (C=S) groups is 1. The van der Waals surface area contributed by atoms with Gasteiger partial charge in [0, 0.05) is 12.2 Å². The molecule has 0 heterocycles. The Morgan fingerprint density at radius 2 is 1.60 bits per heavy atom. The van der Waals surface area contributed by atoms with Gasteiger partial charge in [0.25, 0.3) is 0 Å². The summed E-state index contributed by atoms with van der Waals surface area (Å²) in [6, 6.07) is 10.0. The molecule has 2 rings (SSSR count). The second-order valence-corrected chi connectivity index (χ2v) is 6.07. The van der Waals surface area contributed by atoms with Crippen LogP contribution in [0.15, 0.2) is 30.3 Å². The fourth-order valence-corrected chi connectivity index (χ4v) is 2.64. The Morgan fingerprint density at radius 3 is 2.16 bits per heavy atom. The Morgan fingerprint density at radius 1 is 0.960 bits per heavy atom. The van der Waals surface area contributed by atoms with Gasteiger partial charge in [0.1, 0.15) is 0 Å². The minimum atomic E-state index is 0.535. The van der Waals surface area contributed by atoms with Crippen molar-refractivity contribution in [3.05, 3.63) is 47.0 Å². The van der Waals surface area contributed by atoms with E-state index in [1.165, 1.54) is 5.56 Å². The molecule has 0 saturated carbocycles. The van der Waals surface area contributed by atoms with E-state index in [1.807, 2.05) is 19.1 Å². The summed E-state index contributed by atoms with van der Waals surface area (Å²) in [7, 11) is 4.78. The number of rotatable bonds is 6. The van der Waals surface area contributed by atoms with Crippen LogP contribution in [0, 0.1) is 13.8 Å². The lowest BCUT2D eigenvalue weighted by Crippen LogP contribution is -2.28. The molecular weight excluding hydrogens is 336 g/mol. The van der Waals surface area contributed by atoms with Crippen molar-refractivity contribution in [1.29, 1.82) is 0 Å². The van der Waals surface area contributed by atoms with Crippen molar-refractivity contribution >= 4 is 23.0 Å². The number of methoxy groups -OCH3 is 3. The Balaban J connectivity index is 2.07. The van der Waals surface area contributed by atoms with Gasteiger partial charge in [0.2, 0.25) is 5.75 Å². The number of anilines is 1. The minimum absolute atomic E-state index is 0.535. The first-order chi connectivity index (χ1) is 12.0. The fraction of sp³-hybridized carbons (Fsp3) is 0.316. The highest BCUT2D eigenvalue weighted by Gasteiger charge is 2.13. The van der Waals surface area contributed by atoms with Gasteiger partial charge in [-0.1, -0.05) is 12.1 Å². The molecule has 0 aliphatic heterocycles. The lowest BCUT2D eigenvalue weighted by atomic mass is 10.1. The van der Waals surface area contributed by atoms with Gasteiger partial charge in [-0.15, -0.1) is 0 Å². The van der Waals surface area contributed by atoms with E-state index in [0.717, 1.165) is 16.8 Å². The van der Waals surface area contributed by atoms with Gasteiger partial charge >= 0.3 is 0 Å². The number of nitrogens with one attached hydrogen (secondary N) is 2. The molecule has 0 spiro atoms. The number of hydrogen-bond donors (Lipinski definition) is 2. The number of ether oxygens (including phenoxy) is 3. The smallest absolute Gasteiger partial charge is 0.203 e. The van der Waals surface area contributed by atoms with Gasteiger partial charge in [-0.25, -0.2) is 0 Å². The van der Waals surface area contributed by atoms with Gasteiger partial charge < -0.3 is 24.8 Å². The Hall–Kier alpha value is -2.47. The molecule has 0 saturated heterocycles. The lowest BCUT2D eigenvalue weighted by molar-refractivity contribution is 0.323. The third-order valence-corrected chi connectivity index (χ3v) is 4.07. The molecular formula is C19H24N2O3S. The first-order valence-corrected chi connectivity index (χ1v) is 8.30. The maximum Gasteiger partial charge on any atom is 0.203 e. The second-order valence-electron chi connectivity index (χ2n) is 5.66. The molecule has 0 bridgehead atoms. The van der Waals surface area contributed by atoms with E-state index in [9.17, 15) is 0 Å². The average Bonchev–Trinajstić information content (AvgIpc) is 2.61. The summed E-state index contributed by atoms with van der Waals surface area (Å²) in [5.74, 6) is 1.81. The molecule has 25 heavy (non-hydrogen) atoms. The molecule has 0 aliphatic rings. The lowest BCUT2D eigenvalue weighted by Gasteiger charge is -2.16. The van der Waals surface area contributed by atoms with Crippen molar-refractivity contribution in [2.24, 2.45) is 0 Å². The van der Waals surface area contributed by atoms with Crippen molar-refractivity contribution in [3.8, 4) is 17.2 Å². The van der Waals surface area contributed by atoms with E-state index >= 15 is 0 Å². The standard InChI is InChI=1S/C19H24N2O3S/c1-12-6-7-13(2)15(8-12)21-19(25)20-11-14-9-16(22-3)18(24-5)17(10-14)23-4/h6-10H,11H2,1-5H3,(H2,20,21,25). The van der Waals surface area contributed by atoms with E-state index in [2.05, 4.69) is 35.8 Å². The van der Waals surface area contributed by atoms with Gasteiger partial charge in [-0.2, -0.15) is 0 Å². The van der Waals surface area contributed by atoms with Crippen LogP contribution in [0.5, 0.6) is 17.2 Å². The first kappa shape index (κ1) is 18.9. The second kappa shape index (κ2) is 8.58. The molecule has 5 nitrogen and oxygen atoms in total. The van der Waals surface area contributed by atoms with Crippen LogP contribution in [0.2, 0.25) is 0 Å². The molecule has 0 aromatic heterocycles. The molecule has 0 atom stereocenters. The molecule has 2 aromatic rings. The molecule has 0 unspecified atom stereocenters. The SMILES string of the molecule is COc1cc(CNC(=S)Nc2cc(C)ccc2C)cc(OC)c1OC. The van der Waals surface area contributed by atoms with Crippen molar-refractivity contribution < 1.29 is 14.2 Å². The Kier molecular flexibility index (Phi) is 6.47. The summed E-state index contributed by atoms with van der Waals surface area (Å²) in [6.07, 6.45) is 0. The van der Waals surface area contributed by atoms with E-state index in [4.69, 9.17) is 26.4 Å². The zero-order chi connectivity index (χ0) is 18.4. The molecule has 134 valence electrons. The maximum atomic E-state index is 5.40. The number of aryl methyl sites for hydroxylation is 2. The van der Waals surface area contributed by atoms with E-state index < -0.39 is 0 Å². The summed E-state index contributed by atoms with van der Waals surface area (Å²) in [5.41, 5.74) is 4.30. The summed E-state index contributed by atoms with van der Waals surface area (Å²) in [6.45, 7) is 4.63. The van der Waals surface area contributed by atoms with Crippen LogP contribution < -0.4 is 24.8 Å². The van der Waals surface area contributed by atoms with Crippen molar-refractivity contribution in [2.45, 2.75) is 20.4 Å². The maximum absolute atomic E-state index is 5.40. The summed E-state index contributed by atoms with van der Waals surface area (Å²) < 4.78 is 16.1. The quantitative estimate of drug-likeness (QED) is 0.764. The van der Waals surface area contributed by atoms with E-state index in [1.54, 1.807) is 21.3 Å². The summed E-state index contributed by atoms with van der Waals surface area (Å²) in [4.78, 5) is 0. The highest BCUT2D eigenvalue weighted by atomic mass is 32.1. The van der Waals surface area contributed by atoms with Gasteiger partial charge in [-0.05, 0) is 61.0 Å². The average molecular weight is 360 g/mol. The van der Waals surface area contributed by atoms with Gasteiger partial charge in [0.15, 0.2) is 16.6 Å². The first-order valence-electron chi connectivity index (χ1n) is 7.89. The Bertz CT molecular complexity index is 737. The molecule has 0 fully saturated rings. The largest absolute Gasteiger partial charge is 0.493 e. The minimum Gasteiger partial charge on any atom is -0.493 e. The monoisotopic (exact) mass is 360 g/mol. The van der Waals surface area contributed by atoms with Crippen LogP contribution >= 0.6 is 12.2 Å². The predicted octanol–water partition coefficient (Wildman–Crippen LogP) is 3.82. The number of benzene rings is 2. The van der Waals surface area contributed by atoms with Crippen LogP contribution in [0.25, 0.3) is 0 Å². The van der Waals surface area contributed by atoms with Gasteiger partial charge in [0.05, 0.1) is 21.3 Å². The fourth-order valence-electron chi connectivity index (χ4n) is 2.46. The van der Waals surface area contributed by atoms with Crippen molar-refractivity contribution in [3.63, 3.8) is 0 Å². The highest BCUT2D eigenvalue weighted by Crippen LogP contribution is 2.38. The van der Waals surface area contributed by atoms with Crippen LogP contribution in [-0.2, 0) is 6.54 Å². The summed E-state index contributed by atoms with van der Waals surface area (Å²) >= 11 is 5.40. The number of hydrogen-bond acceptors (Lipinski definition) is 4. The zero-order valence-electron chi connectivity index (χ0n) is 15.2. The topological polar surface area (TPSA) is 51.8 Å². The molecule has 6 heteroatoms. The van der Waals surface area contributed by atoms with Gasteiger partial charge in [-0.3, -0.25) is 0 Å². The highest BCUT2D eigenvalue weighted by molar-refractivity contribution is 7.80. The van der Waals surface area contributed by atoms with Crippen LogP contribution in [0.4, 0.5) is 5.69 Å². The summed E-state index contributed by atoms with van der Waals surface area (Å²) in [5, 5.41) is 6.99. The molecule has 0 radical (unpaired) electrons. The third-order valence-electron chi connectivity index (χ3n) is 3.82. The molecule has 0 amide bonds. The zero-order valence-corrected chi connectivity index (χ0v) is 16.0. The van der Waals surface area contributed by atoms with Crippen molar-refractivity contribution in [2.75, 3.05) is 26.6 Å². The van der Waals surface area contributed by atoms with Crippen LogP contribution in [0.1, 0.15) is 16.7 Å². The predicted molar refractivity (Wildman–Crippen MR) is 105 cm³/mol. The Labute approximate surface area is 154 Å². The van der Waals surface area contributed by atoms with Crippen LogP contribution in [-0.4, -0.2) is 26.4 Å². The van der Waals surface area contributed by atoms with E-state index in [0.29, 0.717) is 28.9 Å². The molecule has 0 aliphatic carbocycles. The normalized spacial score (nSPS) is 10.1. The van der Waals surface area contributed by atoms with E-state index in [-0.39, 0.29) is 0 Å². The molecule has 2 N–H and O–H groups in total. The van der Waals surface area contributed by atoms with Crippen LogP contribution in [0.3, 0.4) is 0 Å². The third kappa shape index (κ3) is 4.76. The molecule has 2 aromatic carbocycles. The van der Waals surface area contributed by atoms with Crippen molar-refractivity contribution in [1.82, 2.24) is 5.32 Å².